The smallest absolute Gasteiger partial charge is 0.244 e. The summed E-state index contributed by atoms with van der Waals surface area (Å²) in [5, 5.41) is 18.9. The van der Waals surface area contributed by atoms with Crippen LogP contribution in [0.1, 0.15) is 5.56 Å². The molecule has 0 saturated carbocycles. The third-order valence-electron chi connectivity index (χ3n) is 2.91. The first-order valence-corrected chi connectivity index (χ1v) is 7.39. The zero-order chi connectivity index (χ0) is 14.8. The van der Waals surface area contributed by atoms with Gasteiger partial charge in [-0.2, -0.15) is 4.31 Å². The third kappa shape index (κ3) is 2.98. The van der Waals surface area contributed by atoms with Gasteiger partial charge in [0, 0.05) is 31.0 Å². The zero-order valence-corrected chi connectivity index (χ0v) is 11.4. The lowest BCUT2D eigenvalue weighted by Gasteiger charge is -2.15. The fourth-order valence-electron chi connectivity index (χ4n) is 1.86. The van der Waals surface area contributed by atoms with Gasteiger partial charge in [-0.05, 0) is 6.07 Å². The van der Waals surface area contributed by atoms with Crippen molar-refractivity contribution in [3.05, 3.63) is 24.0 Å². The number of sulfonamides is 1. The van der Waals surface area contributed by atoms with Crippen molar-refractivity contribution in [2.24, 2.45) is 5.73 Å². The summed E-state index contributed by atoms with van der Waals surface area (Å²) < 4.78 is 25.7. The Morgan fingerprint density at radius 3 is 2.60 bits per heavy atom. The number of aromatic nitrogens is 1. The van der Waals surface area contributed by atoms with E-state index >= 15 is 0 Å². The second-order valence-corrected chi connectivity index (χ2v) is 6.31. The Balaban J connectivity index is 2.31. The molecular formula is C12H15N3O4S. The van der Waals surface area contributed by atoms with Crippen LogP contribution in [0.25, 0.3) is 0 Å². The van der Waals surface area contributed by atoms with Gasteiger partial charge in [0.25, 0.3) is 0 Å². The van der Waals surface area contributed by atoms with Crippen LogP contribution in [-0.4, -0.2) is 59.8 Å². The molecule has 1 aromatic heterocycles. The molecule has 1 aromatic rings. The first kappa shape index (κ1) is 14.9. The van der Waals surface area contributed by atoms with E-state index in [1.54, 1.807) is 0 Å². The Labute approximate surface area is 117 Å². The van der Waals surface area contributed by atoms with E-state index in [0.29, 0.717) is 5.56 Å². The Kier molecular flexibility index (Phi) is 4.37. The summed E-state index contributed by atoms with van der Waals surface area (Å²) in [7, 11) is -3.80. The molecule has 1 saturated heterocycles. The minimum atomic E-state index is -3.80. The summed E-state index contributed by atoms with van der Waals surface area (Å²) in [6.45, 7) is -0.105. The Bertz CT molecular complexity index is 640. The fraction of sp³-hybridized carbons (Fsp3) is 0.417. The standard InChI is InChI=1S/C12H15N3O4S/c13-3-1-2-9-4-10(6-14-5-9)20(18,19)15-7-11(16)12(17)8-15/h4-6,11-12,16-17H,3,7-8,13H2. The number of rotatable bonds is 2. The predicted octanol–water partition coefficient (Wildman–Crippen LogP) is -1.88. The molecule has 0 spiro atoms. The molecule has 20 heavy (non-hydrogen) atoms. The van der Waals surface area contributed by atoms with Crippen LogP contribution in [0.5, 0.6) is 0 Å². The highest BCUT2D eigenvalue weighted by molar-refractivity contribution is 7.89. The van der Waals surface area contributed by atoms with Crippen LogP contribution in [-0.2, 0) is 10.0 Å². The number of hydrogen-bond acceptors (Lipinski definition) is 6. The molecule has 2 heterocycles. The van der Waals surface area contributed by atoms with Gasteiger partial charge in [-0.1, -0.05) is 11.8 Å². The van der Waals surface area contributed by atoms with Crippen molar-refractivity contribution in [3.8, 4) is 11.8 Å². The first-order valence-electron chi connectivity index (χ1n) is 5.95. The average Bonchev–Trinajstić information content (AvgIpc) is 2.77. The van der Waals surface area contributed by atoms with Crippen LogP contribution in [0.3, 0.4) is 0 Å². The molecule has 0 amide bonds. The molecular weight excluding hydrogens is 282 g/mol. The van der Waals surface area contributed by atoms with Gasteiger partial charge in [0.05, 0.1) is 18.8 Å². The number of aliphatic hydroxyl groups is 2. The quantitative estimate of drug-likeness (QED) is 0.550. The summed E-state index contributed by atoms with van der Waals surface area (Å²) in [5.41, 5.74) is 5.70. The maximum Gasteiger partial charge on any atom is 0.244 e. The molecule has 4 N–H and O–H groups in total. The highest BCUT2D eigenvalue weighted by atomic mass is 32.2. The van der Waals surface area contributed by atoms with Gasteiger partial charge < -0.3 is 15.9 Å². The van der Waals surface area contributed by atoms with Crippen molar-refractivity contribution in [1.29, 1.82) is 0 Å². The molecule has 2 atom stereocenters. The van der Waals surface area contributed by atoms with Gasteiger partial charge in [-0.3, -0.25) is 4.98 Å². The minimum Gasteiger partial charge on any atom is -0.389 e. The summed E-state index contributed by atoms with van der Waals surface area (Å²) in [6.07, 6.45) is 0.506. The molecule has 8 heteroatoms. The number of nitrogens with two attached hydrogens (primary N) is 1. The summed E-state index contributed by atoms with van der Waals surface area (Å²) in [6, 6.07) is 1.39. The molecule has 1 aliphatic rings. The molecule has 1 aliphatic heterocycles. The normalized spacial score (nSPS) is 23.4. The Morgan fingerprint density at radius 2 is 2.00 bits per heavy atom. The molecule has 0 bridgehead atoms. The predicted molar refractivity (Wildman–Crippen MR) is 70.9 cm³/mol. The molecule has 7 nitrogen and oxygen atoms in total. The monoisotopic (exact) mass is 297 g/mol. The number of hydrogen-bond donors (Lipinski definition) is 3. The Morgan fingerprint density at radius 1 is 1.35 bits per heavy atom. The molecule has 2 rings (SSSR count). The highest BCUT2D eigenvalue weighted by Gasteiger charge is 2.37. The largest absolute Gasteiger partial charge is 0.389 e. The third-order valence-corrected chi connectivity index (χ3v) is 4.71. The number of pyridine rings is 1. The lowest BCUT2D eigenvalue weighted by Crippen LogP contribution is -2.30. The van der Waals surface area contributed by atoms with Crippen LogP contribution in [0.2, 0.25) is 0 Å². The van der Waals surface area contributed by atoms with Gasteiger partial charge in [0.2, 0.25) is 10.0 Å². The van der Waals surface area contributed by atoms with Crippen molar-refractivity contribution in [3.63, 3.8) is 0 Å². The van der Waals surface area contributed by atoms with E-state index in [-0.39, 0.29) is 24.5 Å². The van der Waals surface area contributed by atoms with Crippen LogP contribution in [0.15, 0.2) is 23.4 Å². The first-order chi connectivity index (χ1) is 9.45. The van der Waals surface area contributed by atoms with Gasteiger partial charge >= 0.3 is 0 Å². The van der Waals surface area contributed by atoms with Crippen LogP contribution in [0.4, 0.5) is 0 Å². The number of aliphatic hydroxyl groups excluding tert-OH is 2. The lowest BCUT2D eigenvalue weighted by molar-refractivity contribution is 0.0572. The van der Waals surface area contributed by atoms with E-state index in [1.807, 2.05) is 0 Å². The van der Waals surface area contributed by atoms with Crippen molar-refractivity contribution in [1.82, 2.24) is 9.29 Å². The van der Waals surface area contributed by atoms with Crippen molar-refractivity contribution in [2.75, 3.05) is 19.6 Å². The van der Waals surface area contributed by atoms with Gasteiger partial charge in [-0.15, -0.1) is 0 Å². The molecule has 0 radical (unpaired) electrons. The van der Waals surface area contributed by atoms with E-state index in [4.69, 9.17) is 5.73 Å². The molecule has 0 aliphatic carbocycles. The second kappa shape index (κ2) is 5.87. The lowest BCUT2D eigenvalue weighted by atomic mass is 10.3. The molecule has 108 valence electrons. The minimum absolute atomic E-state index is 0.0254. The van der Waals surface area contributed by atoms with Crippen LogP contribution < -0.4 is 5.73 Å². The van der Waals surface area contributed by atoms with Gasteiger partial charge in [-0.25, -0.2) is 8.42 Å². The van der Waals surface area contributed by atoms with Crippen molar-refractivity contribution >= 4 is 10.0 Å². The Hall–Kier alpha value is -1.50. The van der Waals surface area contributed by atoms with Crippen molar-refractivity contribution in [2.45, 2.75) is 17.1 Å². The molecule has 0 aromatic carbocycles. The fourth-order valence-corrected chi connectivity index (χ4v) is 3.33. The van der Waals surface area contributed by atoms with Gasteiger partial charge in [0.1, 0.15) is 4.90 Å². The van der Waals surface area contributed by atoms with Gasteiger partial charge in [0.15, 0.2) is 0 Å². The van der Waals surface area contributed by atoms with E-state index < -0.39 is 22.2 Å². The van der Waals surface area contributed by atoms with E-state index in [0.717, 1.165) is 4.31 Å². The van der Waals surface area contributed by atoms with Crippen LogP contribution >= 0.6 is 0 Å². The second-order valence-electron chi connectivity index (χ2n) is 4.37. The number of nitrogens with zero attached hydrogens (tertiary/aromatic N) is 2. The number of β-amino-alcohol motifs (C(OH)–C–C–N with tert-alkyl or cyclic N) is 2. The van der Waals surface area contributed by atoms with Crippen LogP contribution in [0, 0.1) is 11.8 Å². The summed E-state index contributed by atoms with van der Waals surface area (Å²) >= 11 is 0. The maximum absolute atomic E-state index is 12.3. The van der Waals surface area contributed by atoms with E-state index in [2.05, 4.69) is 16.8 Å². The van der Waals surface area contributed by atoms with Crippen molar-refractivity contribution < 1.29 is 18.6 Å². The van der Waals surface area contributed by atoms with E-state index in [9.17, 15) is 18.6 Å². The topological polar surface area (TPSA) is 117 Å². The SMILES string of the molecule is NCC#Cc1cncc(S(=O)(=O)N2CC(O)C(O)C2)c1. The maximum atomic E-state index is 12.3. The summed E-state index contributed by atoms with van der Waals surface area (Å²) in [5.74, 6) is 5.32. The van der Waals surface area contributed by atoms with E-state index in [1.165, 1.54) is 18.5 Å². The molecule has 2 unspecified atom stereocenters. The average molecular weight is 297 g/mol. The highest BCUT2D eigenvalue weighted by Crippen LogP contribution is 2.21. The zero-order valence-electron chi connectivity index (χ0n) is 10.6. The molecule has 1 fully saturated rings. The summed E-state index contributed by atoms with van der Waals surface area (Å²) in [4.78, 5) is 3.81.